The minimum Gasteiger partial charge on any atom is -0.309 e. The highest BCUT2D eigenvalue weighted by molar-refractivity contribution is 4.91. The Kier molecular flexibility index (Phi) is 6.32. The fourth-order valence-electron chi connectivity index (χ4n) is 2.29. The quantitative estimate of drug-likeness (QED) is 0.619. The molecule has 1 rings (SSSR count). The van der Waals surface area contributed by atoms with E-state index in [-0.39, 0.29) is 5.54 Å². The molecule has 1 heterocycles. The molecule has 3 N–H and O–H groups in total. The maximum Gasteiger partial charge on any atom is 0.0455 e. The van der Waals surface area contributed by atoms with Gasteiger partial charge in [-0.15, -0.1) is 0 Å². The standard InChI is InChI=1S/C13H29N3/c1-4-6-7-12(5-2)8-16-13(3)9-14-11-15-10-13/h12,14-16H,4-11H2,1-3H3. The van der Waals surface area contributed by atoms with Crippen molar-refractivity contribution in [1.82, 2.24) is 16.0 Å². The van der Waals surface area contributed by atoms with Gasteiger partial charge in [-0.25, -0.2) is 0 Å². The average Bonchev–Trinajstić information content (AvgIpc) is 2.30. The molecule has 3 heteroatoms. The summed E-state index contributed by atoms with van der Waals surface area (Å²) >= 11 is 0. The third kappa shape index (κ3) is 4.81. The fourth-order valence-corrected chi connectivity index (χ4v) is 2.29. The third-order valence-corrected chi connectivity index (χ3v) is 3.64. The molecule has 1 aliphatic heterocycles. The number of hydrogen-bond donors (Lipinski definition) is 3. The van der Waals surface area contributed by atoms with Gasteiger partial charge in [0.2, 0.25) is 0 Å². The largest absolute Gasteiger partial charge is 0.309 e. The van der Waals surface area contributed by atoms with Gasteiger partial charge < -0.3 is 16.0 Å². The van der Waals surface area contributed by atoms with Crippen LogP contribution in [0.4, 0.5) is 0 Å². The second-order valence-corrected chi connectivity index (χ2v) is 5.39. The first-order chi connectivity index (χ1) is 7.70. The number of hydrogen-bond acceptors (Lipinski definition) is 3. The molecular weight excluding hydrogens is 198 g/mol. The molecule has 0 amide bonds. The van der Waals surface area contributed by atoms with E-state index >= 15 is 0 Å². The van der Waals surface area contributed by atoms with Gasteiger partial charge in [0.05, 0.1) is 0 Å². The van der Waals surface area contributed by atoms with E-state index < -0.39 is 0 Å². The van der Waals surface area contributed by atoms with Crippen LogP contribution in [-0.2, 0) is 0 Å². The average molecular weight is 227 g/mol. The van der Waals surface area contributed by atoms with E-state index in [1.165, 1.54) is 25.7 Å². The zero-order chi connectivity index (χ0) is 11.9. The molecule has 3 nitrogen and oxygen atoms in total. The summed E-state index contributed by atoms with van der Waals surface area (Å²) in [6.07, 6.45) is 5.35. The van der Waals surface area contributed by atoms with E-state index in [1.54, 1.807) is 0 Å². The Morgan fingerprint density at radius 3 is 2.50 bits per heavy atom. The van der Waals surface area contributed by atoms with E-state index in [0.717, 1.165) is 32.2 Å². The lowest BCUT2D eigenvalue weighted by Crippen LogP contribution is -2.62. The Hall–Kier alpha value is -0.120. The van der Waals surface area contributed by atoms with Crippen LogP contribution in [0.1, 0.15) is 46.5 Å². The van der Waals surface area contributed by atoms with Crippen LogP contribution >= 0.6 is 0 Å². The van der Waals surface area contributed by atoms with Crippen molar-refractivity contribution < 1.29 is 0 Å². The lowest BCUT2D eigenvalue weighted by atomic mass is 9.95. The zero-order valence-corrected chi connectivity index (χ0v) is 11.2. The predicted molar refractivity (Wildman–Crippen MR) is 70.6 cm³/mol. The Bertz CT molecular complexity index is 176. The van der Waals surface area contributed by atoms with Crippen LogP contribution in [0.2, 0.25) is 0 Å². The molecule has 96 valence electrons. The Morgan fingerprint density at radius 1 is 1.25 bits per heavy atom. The summed E-state index contributed by atoms with van der Waals surface area (Å²) in [7, 11) is 0. The normalized spacial score (nSPS) is 21.9. The van der Waals surface area contributed by atoms with Crippen molar-refractivity contribution in [3.05, 3.63) is 0 Å². The molecule has 1 aliphatic rings. The molecule has 0 aliphatic carbocycles. The van der Waals surface area contributed by atoms with Crippen LogP contribution in [0.25, 0.3) is 0 Å². The SMILES string of the molecule is CCCCC(CC)CNC1(C)CNCNC1. The van der Waals surface area contributed by atoms with Crippen LogP contribution in [0, 0.1) is 5.92 Å². The summed E-state index contributed by atoms with van der Waals surface area (Å²) < 4.78 is 0. The van der Waals surface area contributed by atoms with E-state index in [1.807, 2.05) is 0 Å². The highest BCUT2D eigenvalue weighted by atomic mass is 15.2. The van der Waals surface area contributed by atoms with Crippen LogP contribution in [0.3, 0.4) is 0 Å². The van der Waals surface area contributed by atoms with Crippen molar-refractivity contribution >= 4 is 0 Å². The smallest absolute Gasteiger partial charge is 0.0455 e. The van der Waals surface area contributed by atoms with Gasteiger partial charge >= 0.3 is 0 Å². The van der Waals surface area contributed by atoms with Gasteiger partial charge in [0, 0.05) is 25.3 Å². The molecule has 0 saturated carbocycles. The summed E-state index contributed by atoms with van der Waals surface area (Å²) in [4.78, 5) is 0. The number of unbranched alkanes of at least 4 members (excludes halogenated alkanes) is 1. The molecule has 0 aromatic heterocycles. The highest BCUT2D eigenvalue weighted by Gasteiger charge is 2.26. The molecule has 1 unspecified atom stereocenters. The monoisotopic (exact) mass is 227 g/mol. The molecule has 0 aromatic rings. The van der Waals surface area contributed by atoms with Gasteiger partial charge in [0.1, 0.15) is 0 Å². The summed E-state index contributed by atoms with van der Waals surface area (Å²) in [6.45, 7) is 11.1. The van der Waals surface area contributed by atoms with E-state index in [2.05, 4.69) is 36.7 Å². The van der Waals surface area contributed by atoms with Crippen LogP contribution in [-0.4, -0.2) is 31.8 Å². The summed E-state index contributed by atoms with van der Waals surface area (Å²) in [6, 6.07) is 0. The second-order valence-electron chi connectivity index (χ2n) is 5.39. The van der Waals surface area contributed by atoms with Crippen LogP contribution in [0.15, 0.2) is 0 Å². The van der Waals surface area contributed by atoms with E-state index in [4.69, 9.17) is 0 Å². The van der Waals surface area contributed by atoms with Crippen LogP contribution < -0.4 is 16.0 Å². The number of nitrogens with one attached hydrogen (secondary N) is 3. The molecular formula is C13H29N3. The van der Waals surface area contributed by atoms with Gasteiger partial charge in [0.25, 0.3) is 0 Å². The zero-order valence-electron chi connectivity index (χ0n) is 11.2. The first kappa shape index (κ1) is 13.9. The van der Waals surface area contributed by atoms with Crippen molar-refractivity contribution in [2.45, 2.75) is 52.0 Å². The third-order valence-electron chi connectivity index (χ3n) is 3.64. The lowest BCUT2D eigenvalue weighted by molar-refractivity contribution is 0.254. The molecule has 0 aromatic carbocycles. The predicted octanol–water partition coefficient (Wildman–Crippen LogP) is 1.70. The van der Waals surface area contributed by atoms with Crippen molar-refractivity contribution in [2.24, 2.45) is 5.92 Å². The van der Waals surface area contributed by atoms with Gasteiger partial charge in [-0.3, -0.25) is 0 Å². The Morgan fingerprint density at radius 2 is 1.94 bits per heavy atom. The molecule has 0 spiro atoms. The van der Waals surface area contributed by atoms with Gasteiger partial charge in [-0.1, -0.05) is 33.1 Å². The fraction of sp³-hybridized carbons (Fsp3) is 1.00. The maximum atomic E-state index is 3.73. The van der Waals surface area contributed by atoms with E-state index in [9.17, 15) is 0 Å². The first-order valence-electron chi connectivity index (χ1n) is 6.86. The van der Waals surface area contributed by atoms with Gasteiger partial charge in [-0.2, -0.15) is 0 Å². The number of rotatable bonds is 7. The van der Waals surface area contributed by atoms with Crippen molar-refractivity contribution in [3.63, 3.8) is 0 Å². The van der Waals surface area contributed by atoms with Gasteiger partial charge in [-0.05, 0) is 25.8 Å². The van der Waals surface area contributed by atoms with Gasteiger partial charge in [0.15, 0.2) is 0 Å². The molecule has 0 radical (unpaired) electrons. The maximum absolute atomic E-state index is 3.73. The Labute approximate surface area is 101 Å². The van der Waals surface area contributed by atoms with Crippen LogP contribution in [0.5, 0.6) is 0 Å². The highest BCUT2D eigenvalue weighted by Crippen LogP contribution is 2.13. The summed E-state index contributed by atoms with van der Waals surface area (Å²) in [5.74, 6) is 0.846. The molecule has 16 heavy (non-hydrogen) atoms. The second kappa shape index (κ2) is 7.25. The lowest BCUT2D eigenvalue weighted by Gasteiger charge is -2.37. The summed E-state index contributed by atoms with van der Waals surface area (Å²) in [5.41, 5.74) is 0.234. The van der Waals surface area contributed by atoms with Crippen molar-refractivity contribution in [1.29, 1.82) is 0 Å². The Balaban J connectivity index is 2.24. The molecule has 1 saturated heterocycles. The first-order valence-corrected chi connectivity index (χ1v) is 6.86. The minimum atomic E-state index is 0.234. The molecule has 1 fully saturated rings. The van der Waals surface area contributed by atoms with E-state index in [0.29, 0.717) is 0 Å². The molecule has 1 atom stereocenters. The minimum absolute atomic E-state index is 0.234. The van der Waals surface area contributed by atoms with Crippen molar-refractivity contribution in [2.75, 3.05) is 26.3 Å². The van der Waals surface area contributed by atoms with Crippen molar-refractivity contribution in [3.8, 4) is 0 Å². The summed E-state index contributed by atoms with van der Waals surface area (Å²) in [5, 5.41) is 10.5. The topological polar surface area (TPSA) is 36.1 Å². The molecule has 0 bridgehead atoms.